The Morgan fingerprint density at radius 1 is 1.36 bits per heavy atom. The molecule has 14 heavy (non-hydrogen) atoms. The lowest BCUT2D eigenvalue weighted by atomic mass is 10.1. The van der Waals surface area contributed by atoms with Crippen LogP contribution in [-0.4, -0.2) is 0 Å². The van der Waals surface area contributed by atoms with Gasteiger partial charge in [0.2, 0.25) is 0 Å². The molecule has 1 aromatic carbocycles. The third kappa shape index (κ3) is 2.33. The minimum atomic E-state index is -4.45. The molecular weight excluding hydrogens is 282 g/mol. The van der Waals surface area contributed by atoms with Crippen LogP contribution in [0.3, 0.4) is 0 Å². The van der Waals surface area contributed by atoms with E-state index in [-0.39, 0.29) is 16.0 Å². The number of anilines is 1. The van der Waals surface area contributed by atoms with E-state index in [1.165, 1.54) is 12.1 Å². The zero-order valence-electron chi connectivity index (χ0n) is 6.83. The molecule has 1 nitrogen and oxygen atoms in total. The number of alkyl halides is 4. The topological polar surface area (TPSA) is 26.0 Å². The van der Waals surface area contributed by atoms with Crippen LogP contribution in [0.15, 0.2) is 16.6 Å². The van der Waals surface area contributed by atoms with E-state index >= 15 is 0 Å². The summed E-state index contributed by atoms with van der Waals surface area (Å²) >= 11 is 8.30. The van der Waals surface area contributed by atoms with E-state index in [4.69, 9.17) is 17.3 Å². The molecule has 0 bridgehead atoms. The lowest BCUT2D eigenvalue weighted by molar-refractivity contribution is -0.137. The van der Waals surface area contributed by atoms with Crippen molar-refractivity contribution in [2.75, 3.05) is 5.73 Å². The molecule has 0 radical (unpaired) electrons. The molecule has 6 heteroatoms. The summed E-state index contributed by atoms with van der Waals surface area (Å²) < 4.78 is 37.1. The fraction of sp³-hybridized carbons (Fsp3) is 0.250. The fourth-order valence-electron chi connectivity index (χ4n) is 1.06. The van der Waals surface area contributed by atoms with E-state index in [0.717, 1.165) is 0 Å². The lowest BCUT2D eigenvalue weighted by Gasteiger charge is -2.13. The number of hydrogen-bond donors (Lipinski definition) is 1. The molecule has 78 valence electrons. The average molecular weight is 288 g/mol. The maximum atomic E-state index is 12.4. The van der Waals surface area contributed by atoms with Gasteiger partial charge >= 0.3 is 6.18 Å². The van der Waals surface area contributed by atoms with E-state index < -0.39 is 11.7 Å². The molecule has 0 atom stereocenters. The second kappa shape index (κ2) is 3.98. The van der Waals surface area contributed by atoms with Gasteiger partial charge in [-0.1, -0.05) is 15.9 Å². The Hall–Kier alpha value is -0.420. The molecular formula is C8H6BrClF3N. The van der Waals surface area contributed by atoms with E-state index in [1.54, 1.807) is 0 Å². The highest BCUT2D eigenvalue weighted by Crippen LogP contribution is 2.39. The molecule has 0 aromatic heterocycles. The molecule has 0 aliphatic rings. The Morgan fingerprint density at radius 2 is 1.93 bits per heavy atom. The predicted molar refractivity (Wildman–Crippen MR) is 53.1 cm³/mol. The Morgan fingerprint density at radius 3 is 2.29 bits per heavy atom. The summed E-state index contributed by atoms with van der Waals surface area (Å²) in [4.78, 5) is 0. The molecule has 0 aliphatic carbocycles. The Kier molecular flexibility index (Phi) is 3.32. The third-order valence-corrected chi connectivity index (χ3v) is 2.55. The molecule has 2 N–H and O–H groups in total. The van der Waals surface area contributed by atoms with E-state index in [9.17, 15) is 13.2 Å². The molecule has 0 aliphatic heterocycles. The van der Waals surface area contributed by atoms with Crippen molar-refractivity contribution in [3.8, 4) is 0 Å². The average Bonchev–Trinajstić information content (AvgIpc) is 1.99. The normalized spacial score (nSPS) is 11.8. The number of halogens is 5. The highest BCUT2D eigenvalue weighted by molar-refractivity contribution is 9.10. The van der Waals surface area contributed by atoms with Gasteiger partial charge in [-0.3, -0.25) is 0 Å². The van der Waals surface area contributed by atoms with Crippen molar-refractivity contribution in [1.29, 1.82) is 0 Å². The van der Waals surface area contributed by atoms with Crippen LogP contribution in [0.2, 0.25) is 0 Å². The molecule has 0 fully saturated rings. The number of hydrogen-bond acceptors (Lipinski definition) is 1. The number of nitrogens with two attached hydrogens (primary N) is 1. The lowest BCUT2D eigenvalue weighted by Crippen LogP contribution is -2.10. The second-order valence-corrected chi connectivity index (χ2v) is 3.79. The van der Waals surface area contributed by atoms with Gasteiger partial charge in [0.25, 0.3) is 0 Å². The smallest absolute Gasteiger partial charge is 0.398 e. The fourth-order valence-corrected chi connectivity index (χ4v) is 1.96. The van der Waals surface area contributed by atoms with Crippen LogP contribution in [0.4, 0.5) is 18.9 Å². The number of nitrogen functional groups attached to an aromatic ring is 1. The highest BCUT2D eigenvalue weighted by atomic mass is 79.9. The Labute approximate surface area is 92.2 Å². The third-order valence-electron chi connectivity index (χ3n) is 1.62. The van der Waals surface area contributed by atoms with E-state index in [2.05, 4.69) is 15.9 Å². The molecule has 0 amide bonds. The second-order valence-electron chi connectivity index (χ2n) is 2.67. The van der Waals surface area contributed by atoms with Crippen LogP contribution in [0.25, 0.3) is 0 Å². The van der Waals surface area contributed by atoms with Crippen molar-refractivity contribution in [2.45, 2.75) is 12.1 Å². The van der Waals surface area contributed by atoms with Crippen molar-refractivity contribution >= 4 is 33.2 Å². The summed E-state index contributed by atoms with van der Waals surface area (Å²) in [6.45, 7) is 0. The van der Waals surface area contributed by atoms with Gasteiger partial charge in [-0.15, -0.1) is 11.6 Å². The minimum absolute atomic E-state index is 0.0827. The molecule has 0 unspecified atom stereocenters. The van der Waals surface area contributed by atoms with Gasteiger partial charge in [-0.05, 0) is 17.7 Å². The monoisotopic (exact) mass is 287 g/mol. The van der Waals surface area contributed by atoms with Crippen LogP contribution in [0, 0.1) is 0 Å². The molecule has 0 saturated heterocycles. The quantitative estimate of drug-likeness (QED) is 0.617. The SMILES string of the molecule is Nc1cc(CCl)cc(Br)c1C(F)(F)F. The van der Waals surface area contributed by atoms with Crippen molar-refractivity contribution in [1.82, 2.24) is 0 Å². The maximum Gasteiger partial charge on any atom is 0.419 e. The molecule has 0 saturated carbocycles. The molecule has 1 aromatic rings. The van der Waals surface area contributed by atoms with Gasteiger partial charge < -0.3 is 5.73 Å². The summed E-state index contributed by atoms with van der Waals surface area (Å²) in [6, 6.07) is 2.53. The summed E-state index contributed by atoms with van der Waals surface area (Å²) in [5.41, 5.74) is 4.65. The van der Waals surface area contributed by atoms with Crippen molar-refractivity contribution in [3.05, 3.63) is 27.7 Å². The number of benzene rings is 1. The van der Waals surface area contributed by atoms with E-state index in [1.807, 2.05) is 0 Å². The largest absolute Gasteiger partial charge is 0.419 e. The van der Waals surface area contributed by atoms with Gasteiger partial charge in [-0.2, -0.15) is 13.2 Å². The standard InChI is InChI=1S/C8H6BrClF3N/c9-5-1-4(3-10)2-6(14)7(5)8(11,12)13/h1-2H,3,14H2. The zero-order chi connectivity index (χ0) is 10.9. The Balaban J connectivity index is 3.33. The van der Waals surface area contributed by atoms with E-state index in [0.29, 0.717) is 5.56 Å². The van der Waals surface area contributed by atoms with Crippen LogP contribution in [0.5, 0.6) is 0 Å². The number of rotatable bonds is 1. The summed E-state index contributed by atoms with van der Waals surface area (Å²) in [5.74, 6) is 0.126. The van der Waals surface area contributed by atoms with Crippen LogP contribution in [0.1, 0.15) is 11.1 Å². The first-order valence-electron chi connectivity index (χ1n) is 3.57. The first-order chi connectivity index (χ1) is 6.36. The van der Waals surface area contributed by atoms with Gasteiger partial charge in [0.05, 0.1) is 5.56 Å². The molecule has 1 rings (SSSR count). The zero-order valence-corrected chi connectivity index (χ0v) is 9.17. The van der Waals surface area contributed by atoms with Crippen LogP contribution in [-0.2, 0) is 12.1 Å². The van der Waals surface area contributed by atoms with Crippen molar-refractivity contribution in [2.24, 2.45) is 0 Å². The van der Waals surface area contributed by atoms with Gasteiger partial charge in [0.15, 0.2) is 0 Å². The van der Waals surface area contributed by atoms with Crippen molar-refractivity contribution < 1.29 is 13.2 Å². The maximum absolute atomic E-state index is 12.4. The summed E-state index contributed by atoms with van der Waals surface area (Å²) in [6.07, 6.45) is -4.45. The van der Waals surface area contributed by atoms with Crippen LogP contribution >= 0.6 is 27.5 Å². The minimum Gasteiger partial charge on any atom is -0.398 e. The highest BCUT2D eigenvalue weighted by Gasteiger charge is 2.35. The summed E-state index contributed by atoms with van der Waals surface area (Å²) in [7, 11) is 0. The Bertz CT molecular complexity index is 328. The predicted octanol–water partition coefficient (Wildman–Crippen LogP) is 3.79. The first kappa shape index (κ1) is 11.7. The van der Waals surface area contributed by atoms with Gasteiger partial charge in [0, 0.05) is 16.0 Å². The van der Waals surface area contributed by atoms with Gasteiger partial charge in [0.1, 0.15) is 0 Å². The van der Waals surface area contributed by atoms with Gasteiger partial charge in [-0.25, -0.2) is 0 Å². The molecule has 0 spiro atoms. The van der Waals surface area contributed by atoms with Crippen LogP contribution < -0.4 is 5.73 Å². The van der Waals surface area contributed by atoms with Crippen molar-refractivity contribution in [3.63, 3.8) is 0 Å². The first-order valence-corrected chi connectivity index (χ1v) is 4.90. The summed E-state index contributed by atoms with van der Waals surface area (Å²) in [5, 5.41) is 0. The molecule has 0 heterocycles.